The molecule has 1 heterocycles. The molecule has 88 valence electrons. The molecular weight excluding hydrogens is 190 g/mol. The monoisotopic (exact) mass is 213 g/mol. The zero-order chi connectivity index (χ0) is 11.5. The third kappa shape index (κ3) is 4.20. The van der Waals surface area contributed by atoms with E-state index < -0.39 is 0 Å². The maximum absolute atomic E-state index is 11.9. The Morgan fingerprint density at radius 2 is 2.07 bits per heavy atom. The molecule has 1 unspecified atom stereocenters. The van der Waals surface area contributed by atoms with Gasteiger partial charge in [-0.05, 0) is 47.0 Å². The van der Waals surface area contributed by atoms with E-state index in [4.69, 9.17) is 4.74 Å². The molecule has 0 spiro atoms. The number of amides is 1. The molecular formula is C12H23NO2. The molecule has 1 saturated heterocycles. The van der Waals surface area contributed by atoms with Crippen molar-refractivity contribution in [1.29, 1.82) is 0 Å². The van der Waals surface area contributed by atoms with Crippen molar-refractivity contribution >= 4 is 5.91 Å². The molecule has 0 radical (unpaired) electrons. The number of likely N-dealkylation sites (tertiary alicyclic amines) is 1. The van der Waals surface area contributed by atoms with Crippen LogP contribution in [-0.2, 0) is 9.53 Å². The Morgan fingerprint density at radius 3 is 2.60 bits per heavy atom. The highest BCUT2D eigenvalue weighted by Crippen LogP contribution is 2.17. The van der Waals surface area contributed by atoms with Crippen molar-refractivity contribution in [1.82, 2.24) is 4.90 Å². The quantitative estimate of drug-likeness (QED) is 0.704. The number of carbonyl (C=O) groups excluding carboxylic acids is 1. The van der Waals surface area contributed by atoms with Crippen LogP contribution in [-0.4, -0.2) is 35.6 Å². The number of nitrogens with zero attached hydrogens (tertiary/aromatic N) is 1. The zero-order valence-corrected chi connectivity index (χ0v) is 10.4. The van der Waals surface area contributed by atoms with Crippen LogP contribution < -0.4 is 0 Å². The maximum atomic E-state index is 11.9. The first-order chi connectivity index (χ1) is 6.90. The van der Waals surface area contributed by atoms with Crippen molar-refractivity contribution in [3.05, 3.63) is 0 Å². The highest BCUT2D eigenvalue weighted by atomic mass is 16.5. The summed E-state index contributed by atoms with van der Waals surface area (Å²) in [5, 5.41) is 0. The summed E-state index contributed by atoms with van der Waals surface area (Å²) < 4.78 is 5.50. The summed E-state index contributed by atoms with van der Waals surface area (Å²) in [5.41, 5.74) is -0.227. The van der Waals surface area contributed by atoms with Crippen LogP contribution in [0.25, 0.3) is 0 Å². The number of carbonyl (C=O) groups is 1. The molecule has 1 aliphatic heterocycles. The minimum absolute atomic E-state index is 0.136. The molecule has 1 aliphatic rings. The number of hydrogen-bond acceptors (Lipinski definition) is 2. The first kappa shape index (κ1) is 12.5. The van der Waals surface area contributed by atoms with Crippen molar-refractivity contribution in [2.45, 2.75) is 58.6 Å². The van der Waals surface area contributed by atoms with E-state index in [1.165, 1.54) is 6.42 Å². The van der Waals surface area contributed by atoms with Crippen LogP contribution in [0.2, 0.25) is 0 Å². The topological polar surface area (TPSA) is 29.5 Å². The molecule has 0 aliphatic carbocycles. The molecule has 3 nitrogen and oxygen atoms in total. The number of ether oxygens (including phenoxy) is 1. The normalized spacial score (nSPS) is 22.9. The minimum Gasteiger partial charge on any atom is -0.366 e. The van der Waals surface area contributed by atoms with Crippen LogP contribution in [0.1, 0.15) is 47.0 Å². The summed E-state index contributed by atoms with van der Waals surface area (Å²) in [4.78, 5) is 13.8. The average Bonchev–Trinajstić information content (AvgIpc) is 2.14. The van der Waals surface area contributed by atoms with E-state index in [9.17, 15) is 4.79 Å². The van der Waals surface area contributed by atoms with Crippen molar-refractivity contribution in [3.63, 3.8) is 0 Å². The lowest BCUT2D eigenvalue weighted by Crippen LogP contribution is -2.44. The lowest BCUT2D eigenvalue weighted by molar-refractivity contribution is -0.144. The Balaban J connectivity index is 2.39. The summed E-state index contributed by atoms with van der Waals surface area (Å²) in [6, 6.07) is 0.384. The maximum Gasteiger partial charge on any atom is 0.248 e. The highest BCUT2D eigenvalue weighted by Gasteiger charge is 2.24. The van der Waals surface area contributed by atoms with Crippen LogP contribution in [0.4, 0.5) is 0 Å². The SMILES string of the molecule is CC1CCCCN1C(=O)COC(C)(C)C. The van der Waals surface area contributed by atoms with Gasteiger partial charge in [0.1, 0.15) is 6.61 Å². The van der Waals surface area contributed by atoms with Crippen LogP contribution in [0.5, 0.6) is 0 Å². The van der Waals surface area contributed by atoms with Crippen molar-refractivity contribution in [2.24, 2.45) is 0 Å². The van der Waals surface area contributed by atoms with Crippen LogP contribution >= 0.6 is 0 Å². The van der Waals surface area contributed by atoms with Crippen LogP contribution in [0.15, 0.2) is 0 Å². The fraction of sp³-hybridized carbons (Fsp3) is 0.917. The van der Waals surface area contributed by atoms with Gasteiger partial charge in [-0.15, -0.1) is 0 Å². The Hall–Kier alpha value is -0.570. The molecule has 0 aromatic heterocycles. The van der Waals surface area contributed by atoms with E-state index in [-0.39, 0.29) is 18.1 Å². The summed E-state index contributed by atoms with van der Waals surface area (Å²) in [5.74, 6) is 0.136. The number of piperidine rings is 1. The Kier molecular flexibility index (Phi) is 4.14. The second-order valence-electron chi connectivity index (χ2n) is 5.33. The molecule has 1 atom stereocenters. The van der Waals surface area contributed by atoms with Gasteiger partial charge in [-0.2, -0.15) is 0 Å². The van der Waals surface area contributed by atoms with E-state index >= 15 is 0 Å². The Labute approximate surface area is 92.8 Å². The molecule has 0 N–H and O–H groups in total. The average molecular weight is 213 g/mol. The smallest absolute Gasteiger partial charge is 0.248 e. The predicted octanol–water partition coefficient (Wildman–Crippen LogP) is 2.20. The van der Waals surface area contributed by atoms with E-state index in [0.717, 1.165) is 19.4 Å². The van der Waals surface area contributed by atoms with Gasteiger partial charge in [0.25, 0.3) is 0 Å². The van der Waals surface area contributed by atoms with Gasteiger partial charge in [0, 0.05) is 12.6 Å². The minimum atomic E-state index is -0.227. The fourth-order valence-corrected chi connectivity index (χ4v) is 1.83. The van der Waals surface area contributed by atoms with E-state index in [0.29, 0.717) is 6.04 Å². The molecule has 3 heteroatoms. The molecule has 1 amide bonds. The summed E-state index contributed by atoms with van der Waals surface area (Å²) in [6.07, 6.45) is 3.50. The standard InChI is InChI=1S/C12H23NO2/c1-10-7-5-6-8-13(10)11(14)9-15-12(2,3)4/h10H,5-9H2,1-4H3. The zero-order valence-electron chi connectivity index (χ0n) is 10.4. The first-order valence-corrected chi connectivity index (χ1v) is 5.83. The van der Waals surface area contributed by atoms with E-state index in [2.05, 4.69) is 6.92 Å². The molecule has 0 aromatic rings. The third-order valence-corrected chi connectivity index (χ3v) is 2.75. The van der Waals surface area contributed by atoms with Gasteiger partial charge in [0.15, 0.2) is 0 Å². The summed E-state index contributed by atoms with van der Waals surface area (Å²) in [6.45, 7) is 9.15. The molecule has 0 aromatic carbocycles. The van der Waals surface area contributed by atoms with Crippen LogP contribution in [0.3, 0.4) is 0 Å². The molecule has 0 saturated carbocycles. The number of hydrogen-bond donors (Lipinski definition) is 0. The number of rotatable bonds is 2. The van der Waals surface area contributed by atoms with E-state index in [1.54, 1.807) is 0 Å². The molecule has 0 bridgehead atoms. The van der Waals surface area contributed by atoms with E-state index in [1.807, 2.05) is 25.7 Å². The second kappa shape index (κ2) is 4.97. The second-order valence-corrected chi connectivity index (χ2v) is 5.33. The van der Waals surface area contributed by atoms with Gasteiger partial charge in [0.05, 0.1) is 5.60 Å². The van der Waals surface area contributed by atoms with Gasteiger partial charge < -0.3 is 9.64 Å². The van der Waals surface area contributed by atoms with Gasteiger partial charge in [-0.1, -0.05) is 0 Å². The lowest BCUT2D eigenvalue weighted by Gasteiger charge is -2.34. The summed E-state index contributed by atoms with van der Waals surface area (Å²) >= 11 is 0. The molecule has 15 heavy (non-hydrogen) atoms. The van der Waals surface area contributed by atoms with Gasteiger partial charge in [-0.25, -0.2) is 0 Å². The Morgan fingerprint density at radius 1 is 1.40 bits per heavy atom. The largest absolute Gasteiger partial charge is 0.366 e. The third-order valence-electron chi connectivity index (χ3n) is 2.75. The molecule has 1 rings (SSSR count). The first-order valence-electron chi connectivity index (χ1n) is 5.83. The Bertz CT molecular complexity index is 220. The summed E-state index contributed by atoms with van der Waals surface area (Å²) in [7, 11) is 0. The predicted molar refractivity (Wildman–Crippen MR) is 60.7 cm³/mol. The van der Waals surface area contributed by atoms with Gasteiger partial charge in [-0.3, -0.25) is 4.79 Å². The van der Waals surface area contributed by atoms with Crippen molar-refractivity contribution in [2.75, 3.05) is 13.2 Å². The van der Waals surface area contributed by atoms with Crippen molar-refractivity contribution in [3.8, 4) is 0 Å². The highest BCUT2D eigenvalue weighted by molar-refractivity contribution is 5.77. The van der Waals surface area contributed by atoms with Crippen molar-refractivity contribution < 1.29 is 9.53 Å². The van der Waals surface area contributed by atoms with Gasteiger partial charge >= 0.3 is 0 Å². The fourth-order valence-electron chi connectivity index (χ4n) is 1.83. The molecule has 1 fully saturated rings. The van der Waals surface area contributed by atoms with Crippen LogP contribution in [0, 0.1) is 0 Å². The lowest BCUT2D eigenvalue weighted by atomic mass is 10.0. The van der Waals surface area contributed by atoms with Gasteiger partial charge in [0.2, 0.25) is 5.91 Å².